The third-order valence-electron chi connectivity index (χ3n) is 12.5. The molecule has 2 aliphatic carbocycles. The molecule has 1 saturated carbocycles. The van der Waals surface area contributed by atoms with Crippen molar-refractivity contribution < 1.29 is 14.0 Å². The van der Waals surface area contributed by atoms with Crippen molar-refractivity contribution in [3.05, 3.63) is 59.6 Å². The predicted octanol–water partition coefficient (Wildman–Crippen LogP) is 6.01. The second-order valence-electron chi connectivity index (χ2n) is 15.5. The third kappa shape index (κ3) is 5.86. The Morgan fingerprint density at radius 3 is 2.71 bits per heavy atom. The van der Waals surface area contributed by atoms with Crippen LogP contribution in [0.5, 0.6) is 0 Å². The van der Waals surface area contributed by atoms with Gasteiger partial charge in [0.05, 0.1) is 28.9 Å². The molecule has 3 aromatic rings. The minimum atomic E-state index is -0.749. The molecule has 0 bridgehead atoms. The van der Waals surface area contributed by atoms with Crippen LogP contribution in [0.25, 0.3) is 22.3 Å². The Morgan fingerprint density at radius 1 is 1.16 bits per heavy atom. The zero-order chi connectivity index (χ0) is 35.4. The third-order valence-corrected chi connectivity index (χ3v) is 12.5. The lowest BCUT2D eigenvalue weighted by atomic mass is 9.74. The Labute approximate surface area is 299 Å². The lowest BCUT2D eigenvalue weighted by molar-refractivity contribution is -0.125. The number of nitrogens with one attached hydrogen (secondary N) is 3. The van der Waals surface area contributed by atoms with E-state index in [1.54, 1.807) is 7.05 Å². The second kappa shape index (κ2) is 13.5. The number of halogens is 1. The van der Waals surface area contributed by atoms with Gasteiger partial charge in [0.15, 0.2) is 5.82 Å². The number of alkyl halides is 1. The van der Waals surface area contributed by atoms with Gasteiger partial charge in [0.2, 0.25) is 11.8 Å². The van der Waals surface area contributed by atoms with Crippen molar-refractivity contribution in [2.24, 2.45) is 5.92 Å². The maximum Gasteiger partial charge on any atom is 0.238 e. The first-order valence-electron chi connectivity index (χ1n) is 19.0. The maximum absolute atomic E-state index is 14.6. The number of anilines is 2. The number of pyridine rings is 1. The minimum Gasteiger partial charge on any atom is -0.359 e. The van der Waals surface area contributed by atoms with Crippen LogP contribution in [0.4, 0.5) is 15.9 Å². The Hall–Kier alpha value is -4.09. The average molecular weight is 695 g/mol. The molecule has 2 unspecified atom stereocenters. The Bertz CT molecular complexity index is 1900. The molecule has 10 nitrogen and oxygen atoms in total. The highest BCUT2D eigenvalue weighted by Gasteiger charge is 2.55. The molecule has 11 heteroatoms. The second-order valence-corrected chi connectivity index (χ2v) is 15.5. The number of hydrogen-bond donors (Lipinski definition) is 3. The SMILES string of the molecule is CC[C@H](C)n1cnc2cc(-c3ccc4c(c3)N(C3CC(N5CCCC(F)C5)C3)C(=O)C43CCNCC3)nc(NC3=CC=C(C)C(C(=O)NC)C3)c21. The minimum absolute atomic E-state index is 0.00302. The van der Waals surface area contributed by atoms with E-state index in [1.165, 1.54) is 0 Å². The van der Waals surface area contributed by atoms with Crippen LogP contribution in [0.1, 0.15) is 83.7 Å². The molecule has 0 radical (unpaired) electrons. The molecule has 8 rings (SSSR count). The van der Waals surface area contributed by atoms with Crippen molar-refractivity contribution in [2.45, 2.75) is 102 Å². The number of fused-ring (bicyclic) bond motifs is 3. The highest BCUT2D eigenvalue weighted by Crippen LogP contribution is 2.51. The molecule has 1 spiro atoms. The molecule has 51 heavy (non-hydrogen) atoms. The highest BCUT2D eigenvalue weighted by atomic mass is 19.1. The first-order valence-corrected chi connectivity index (χ1v) is 19.0. The normalized spacial score (nSPS) is 26.8. The van der Waals surface area contributed by atoms with Crippen molar-refractivity contribution in [3.8, 4) is 11.3 Å². The summed E-state index contributed by atoms with van der Waals surface area (Å²) in [4.78, 5) is 41.8. The number of hydrogen-bond acceptors (Lipinski definition) is 7. The van der Waals surface area contributed by atoms with Crippen molar-refractivity contribution in [3.63, 3.8) is 0 Å². The van der Waals surface area contributed by atoms with Crippen LogP contribution in [0.15, 0.2) is 54.0 Å². The van der Waals surface area contributed by atoms with Gasteiger partial charge in [-0.2, -0.15) is 0 Å². The van der Waals surface area contributed by atoms with E-state index in [-0.39, 0.29) is 29.8 Å². The lowest BCUT2D eigenvalue weighted by Gasteiger charge is -2.48. The Kier molecular flexibility index (Phi) is 8.99. The quantitative estimate of drug-likeness (QED) is 0.265. The molecule has 2 amide bonds. The van der Waals surface area contributed by atoms with E-state index in [0.29, 0.717) is 31.2 Å². The van der Waals surface area contributed by atoms with Gasteiger partial charge in [-0.05, 0) is 102 Å². The number of nitrogens with zero attached hydrogens (tertiary/aromatic N) is 5. The van der Waals surface area contributed by atoms with Crippen LogP contribution in [-0.2, 0) is 15.0 Å². The molecule has 3 N–H and O–H groups in total. The highest BCUT2D eigenvalue weighted by molar-refractivity contribution is 6.09. The maximum atomic E-state index is 14.6. The summed E-state index contributed by atoms with van der Waals surface area (Å²) >= 11 is 0. The standard InChI is InChI=1S/C40H51FN8O2/c1-5-25(3)48-23-44-34-21-33(46-37(36(34)48)45-28-10-8-24(2)31(18-28)38(50)42-4)26-9-11-32-35(17-26)49(39(51)40(32)12-14-43-15-13-40)30-19-29(20-30)47-16-6-7-27(41)22-47/h8-11,17,21,23,25,27,29-31,43H,5-7,12-16,18-20,22H2,1-4H3,(H,42,50)(H,45,46)/t25-,27?,29?,30?,31?/m0/s1. The zero-order valence-corrected chi connectivity index (χ0v) is 30.3. The largest absolute Gasteiger partial charge is 0.359 e. The summed E-state index contributed by atoms with van der Waals surface area (Å²) in [5, 5.41) is 9.90. The number of allylic oxidation sites excluding steroid dienone is 3. The Morgan fingerprint density at radius 2 is 1.96 bits per heavy atom. The number of carbonyl (C=O) groups excluding carboxylic acids is 2. The van der Waals surface area contributed by atoms with Gasteiger partial charge in [-0.25, -0.2) is 14.4 Å². The first kappa shape index (κ1) is 34.0. The van der Waals surface area contributed by atoms with E-state index < -0.39 is 11.6 Å². The number of rotatable bonds is 8. The number of imidazole rings is 1. The molecular weight excluding hydrogens is 643 g/mol. The van der Waals surface area contributed by atoms with Crippen molar-refractivity contribution >= 4 is 34.4 Å². The molecule has 1 aromatic carbocycles. The summed E-state index contributed by atoms with van der Waals surface area (Å²) in [5.74, 6) is 0.671. The van der Waals surface area contributed by atoms with Gasteiger partial charge in [-0.3, -0.25) is 14.5 Å². The summed E-state index contributed by atoms with van der Waals surface area (Å²) in [6, 6.07) is 9.17. The first-order chi connectivity index (χ1) is 24.7. The molecule has 5 aliphatic rings. The number of piperidine rings is 2. The van der Waals surface area contributed by atoms with Gasteiger partial charge >= 0.3 is 0 Å². The van der Waals surface area contributed by atoms with Gasteiger partial charge in [-0.1, -0.05) is 30.7 Å². The molecule has 3 atom stereocenters. The zero-order valence-electron chi connectivity index (χ0n) is 30.3. The average Bonchev–Trinajstić information content (AvgIpc) is 3.65. The van der Waals surface area contributed by atoms with Gasteiger partial charge in [0.1, 0.15) is 11.7 Å². The fourth-order valence-electron chi connectivity index (χ4n) is 9.14. The van der Waals surface area contributed by atoms with Gasteiger partial charge in [0, 0.05) is 55.1 Å². The summed E-state index contributed by atoms with van der Waals surface area (Å²) in [5.41, 5.74) is 7.03. The van der Waals surface area contributed by atoms with Crippen molar-refractivity contribution in [2.75, 3.05) is 43.4 Å². The summed E-state index contributed by atoms with van der Waals surface area (Å²) in [7, 11) is 1.68. The van der Waals surface area contributed by atoms with E-state index in [1.807, 2.05) is 25.4 Å². The van der Waals surface area contributed by atoms with Crippen LogP contribution in [0, 0.1) is 5.92 Å². The van der Waals surface area contributed by atoms with Gasteiger partial charge in [0.25, 0.3) is 0 Å². The van der Waals surface area contributed by atoms with E-state index in [4.69, 9.17) is 9.97 Å². The monoisotopic (exact) mass is 694 g/mol. The van der Waals surface area contributed by atoms with Crippen LogP contribution >= 0.6 is 0 Å². The number of amides is 2. The Balaban J connectivity index is 1.17. The molecule has 2 saturated heterocycles. The summed E-state index contributed by atoms with van der Waals surface area (Å²) in [6.07, 6.45) is 11.6. The molecule has 270 valence electrons. The van der Waals surface area contributed by atoms with Crippen LogP contribution < -0.4 is 20.9 Å². The fraction of sp³-hybridized carbons (Fsp3) is 0.550. The van der Waals surface area contributed by atoms with Crippen molar-refractivity contribution in [1.82, 2.24) is 30.1 Å². The topological polar surface area (TPSA) is 107 Å². The van der Waals surface area contributed by atoms with E-state index in [9.17, 15) is 14.0 Å². The van der Waals surface area contributed by atoms with Crippen LogP contribution in [0.2, 0.25) is 0 Å². The number of carbonyl (C=O) groups is 2. The van der Waals surface area contributed by atoms with Gasteiger partial charge < -0.3 is 25.4 Å². The van der Waals surface area contributed by atoms with Crippen LogP contribution in [-0.4, -0.2) is 82.7 Å². The summed E-state index contributed by atoms with van der Waals surface area (Å²) in [6.45, 7) is 9.43. The van der Waals surface area contributed by atoms with E-state index in [2.05, 4.69) is 68.4 Å². The van der Waals surface area contributed by atoms with Crippen LogP contribution in [0.3, 0.4) is 0 Å². The van der Waals surface area contributed by atoms with Gasteiger partial charge in [-0.15, -0.1) is 0 Å². The predicted molar refractivity (Wildman–Crippen MR) is 199 cm³/mol. The molecule has 3 fully saturated rings. The fourth-order valence-corrected chi connectivity index (χ4v) is 9.14. The van der Waals surface area contributed by atoms with Crippen molar-refractivity contribution in [1.29, 1.82) is 0 Å². The number of aromatic nitrogens is 3. The van der Waals surface area contributed by atoms with E-state index >= 15 is 0 Å². The molecular formula is C40H51FN8O2. The summed E-state index contributed by atoms with van der Waals surface area (Å²) < 4.78 is 16.5. The molecule has 2 aromatic heterocycles. The lowest BCUT2D eigenvalue weighted by Crippen LogP contribution is -2.59. The molecule has 3 aliphatic heterocycles. The molecule has 5 heterocycles. The number of benzene rings is 1. The number of likely N-dealkylation sites (tertiary alicyclic amines) is 1. The smallest absolute Gasteiger partial charge is 0.238 e. The van der Waals surface area contributed by atoms with E-state index in [0.717, 1.165) is 103 Å².